The largest absolute Gasteiger partial charge is 0.223 e. The van der Waals surface area contributed by atoms with Crippen LogP contribution in [0, 0.1) is 0 Å². The quantitative estimate of drug-likeness (QED) is 0.792. The van der Waals surface area contributed by atoms with Gasteiger partial charge < -0.3 is 0 Å². The Balaban J connectivity index is 3.33. The summed E-state index contributed by atoms with van der Waals surface area (Å²) in [5.74, 6) is 0. The fourth-order valence-corrected chi connectivity index (χ4v) is 2.83. The van der Waals surface area contributed by atoms with Crippen molar-refractivity contribution in [1.82, 2.24) is 0 Å². The third-order valence-electron chi connectivity index (χ3n) is 2.42. The summed E-state index contributed by atoms with van der Waals surface area (Å²) in [5, 5.41) is 0. The molecule has 3 heteroatoms. The third-order valence-corrected chi connectivity index (χ3v) is 5.08. The summed E-state index contributed by atoms with van der Waals surface area (Å²) < 4.78 is 23.9. The van der Waals surface area contributed by atoms with Crippen molar-refractivity contribution in [2.45, 2.75) is 32.4 Å². The highest BCUT2D eigenvalue weighted by molar-refractivity contribution is 8.01. The van der Waals surface area contributed by atoms with E-state index in [-0.39, 0.29) is 0 Å². The van der Waals surface area contributed by atoms with Gasteiger partial charge in [0.2, 0.25) is 0 Å². The molecule has 1 aromatic rings. The van der Waals surface area contributed by atoms with Crippen LogP contribution in [0.15, 0.2) is 36.4 Å². The molecule has 0 spiro atoms. The lowest BCUT2D eigenvalue weighted by molar-refractivity contribution is 0.571. The fraction of sp³-hybridized carbons (Fsp3) is 0.385. The van der Waals surface area contributed by atoms with E-state index in [1.54, 1.807) is 33.8 Å². The van der Waals surface area contributed by atoms with Gasteiger partial charge in [-0.15, -0.1) is 0 Å². The monoisotopic (exact) mass is 238 g/mol. The van der Waals surface area contributed by atoms with Gasteiger partial charge in [0.05, 0.1) is 9.65 Å². The van der Waals surface area contributed by atoms with E-state index >= 15 is 0 Å². The van der Waals surface area contributed by atoms with Crippen molar-refractivity contribution >= 4 is 14.7 Å². The molecule has 0 bridgehead atoms. The van der Waals surface area contributed by atoms with Crippen LogP contribution >= 0.6 is 0 Å². The number of hydrogen-bond acceptors (Lipinski definition) is 2. The average molecular weight is 238 g/mol. The van der Waals surface area contributed by atoms with E-state index in [9.17, 15) is 8.42 Å². The number of benzene rings is 1. The maximum absolute atomic E-state index is 12.3. The van der Waals surface area contributed by atoms with Gasteiger partial charge >= 0.3 is 0 Å². The van der Waals surface area contributed by atoms with Gasteiger partial charge in [0.25, 0.3) is 0 Å². The van der Waals surface area contributed by atoms with Crippen LogP contribution in [0.2, 0.25) is 0 Å². The van der Waals surface area contributed by atoms with Crippen LogP contribution in [-0.2, 0) is 9.84 Å². The fourth-order valence-electron chi connectivity index (χ4n) is 1.41. The standard InChI is InChI=1S/C13H18O2S/c1-5-12(11-9-7-6-8-10-11)16(14,15)13(2,3)4/h5-10H,1-4H3/b12-5+. The lowest BCUT2D eigenvalue weighted by Crippen LogP contribution is -2.28. The molecule has 16 heavy (non-hydrogen) atoms. The van der Waals surface area contributed by atoms with E-state index < -0.39 is 14.6 Å². The van der Waals surface area contributed by atoms with E-state index in [2.05, 4.69) is 0 Å². The molecule has 0 saturated carbocycles. The molecule has 0 fully saturated rings. The molecule has 88 valence electrons. The first-order chi connectivity index (χ1) is 7.30. The van der Waals surface area contributed by atoms with Crippen LogP contribution in [0.5, 0.6) is 0 Å². The number of sulfone groups is 1. The Morgan fingerprint density at radius 2 is 1.62 bits per heavy atom. The topological polar surface area (TPSA) is 34.1 Å². The zero-order valence-corrected chi connectivity index (χ0v) is 11.0. The van der Waals surface area contributed by atoms with Gasteiger partial charge in [-0.1, -0.05) is 36.4 Å². The third kappa shape index (κ3) is 2.35. The highest BCUT2D eigenvalue weighted by Crippen LogP contribution is 2.30. The van der Waals surface area contributed by atoms with Crippen LogP contribution < -0.4 is 0 Å². The van der Waals surface area contributed by atoms with Crippen molar-refractivity contribution in [2.24, 2.45) is 0 Å². The minimum Gasteiger partial charge on any atom is -0.223 e. The molecular weight excluding hydrogens is 220 g/mol. The van der Waals surface area contributed by atoms with Crippen molar-refractivity contribution < 1.29 is 8.42 Å². The summed E-state index contributed by atoms with van der Waals surface area (Å²) in [6, 6.07) is 9.20. The predicted octanol–water partition coefficient (Wildman–Crippen LogP) is 3.26. The predicted molar refractivity (Wildman–Crippen MR) is 68.8 cm³/mol. The van der Waals surface area contributed by atoms with Gasteiger partial charge in [-0.25, -0.2) is 8.42 Å². The molecule has 0 atom stereocenters. The zero-order valence-electron chi connectivity index (χ0n) is 10.2. The van der Waals surface area contributed by atoms with E-state index in [4.69, 9.17) is 0 Å². The van der Waals surface area contributed by atoms with Gasteiger partial charge in [0.15, 0.2) is 9.84 Å². The van der Waals surface area contributed by atoms with Crippen molar-refractivity contribution in [3.8, 4) is 0 Å². The Morgan fingerprint density at radius 1 is 1.12 bits per heavy atom. The lowest BCUT2D eigenvalue weighted by atomic mass is 10.2. The summed E-state index contributed by atoms with van der Waals surface area (Å²) in [7, 11) is -3.28. The summed E-state index contributed by atoms with van der Waals surface area (Å²) >= 11 is 0. The van der Waals surface area contributed by atoms with Crippen molar-refractivity contribution in [3.05, 3.63) is 42.0 Å². The molecule has 0 aliphatic heterocycles. The highest BCUT2D eigenvalue weighted by atomic mass is 32.2. The van der Waals surface area contributed by atoms with Gasteiger partial charge in [-0.3, -0.25) is 0 Å². The summed E-state index contributed by atoms with van der Waals surface area (Å²) in [4.78, 5) is 0.403. The number of rotatable bonds is 2. The smallest absolute Gasteiger partial charge is 0.183 e. The molecule has 0 heterocycles. The van der Waals surface area contributed by atoms with E-state index in [0.717, 1.165) is 5.56 Å². The molecule has 0 aliphatic carbocycles. The maximum Gasteiger partial charge on any atom is 0.183 e. The molecule has 0 aromatic heterocycles. The van der Waals surface area contributed by atoms with Crippen molar-refractivity contribution in [1.29, 1.82) is 0 Å². The maximum atomic E-state index is 12.3. The first kappa shape index (κ1) is 13.0. The Labute approximate surface area is 97.9 Å². The Bertz CT molecular complexity index is 476. The second-order valence-corrected chi connectivity index (χ2v) is 7.31. The van der Waals surface area contributed by atoms with Crippen LogP contribution in [0.1, 0.15) is 33.3 Å². The molecular formula is C13H18O2S. The Kier molecular flexibility index (Phi) is 3.58. The normalized spacial score (nSPS) is 13.9. The summed E-state index contributed by atoms with van der Waals surface area (Å²) in [6.45, 7) is 6.91. The zero-order chi connectivity index (χ0) is 12.4. The lowest BCUT2D eigenvalue weighted by Gasteiger charge is -2.21. The van der Waals surface area contributed by atoms with Gasteiger partial charge in [0.1, 0.15) is 0 Å². The van der Waals surface area contributed by atoms with Crippen molar-refractivity contribution in [2.75, 3.05) is 0 Å². The van der Waals surface area contributed by atoms with Crippen molar-refractivity contribution in [3.63, 3.8) is 0 Å². The SMILES string of the molecule is C/C=C(\c1ccccc1)S(=O)(=O)C(C)(C)C. The minimum absolute atomic E-state index is 0.403. The van der Waals surface area contributed by atoms with Gasteiger partial charge in [-0.2, -0.15) is 0 Å². The molecule has 1 aromatic carbocycles. The Hall–Kier alpha value is -1.09. The van der Waals surface area contributed by atoms with Gasteiger partial charge in [0, 0.05) is 0 Å². The second kappa shape index (κ2) is 4.42. The minimum atomic E-state index is -3.28. The summed E-state index contributed by atoms with van der Waals surface area (Å²) in [5.41, 5.74) is 0.750. The summed E-state index contributed by atoms with van der Waals surface area (Å²) in [6.07, 6.45) is 1.66. The van der Waals surface area contributed by atoms with E-state index in [0.29, 0.717) is 4.91 Å². The van der Waals surface area contributed by atoms with Gasteiger partial charge in [-0.05, 0) is 33.3 Å². The molecule has 1 rings (SSSR count). The molecule has 0 unspecified atom stereocenters. The van der Waals surface area contributed by atoms with Crippen LogP contribution in [0.25, 0.3) is 4.91 Å². The van der Waals surface area contributed by atoms with Crippen LogP contribution in [0.3, 0.4) is 0 Å². The Morgan fingerprint density at radius 3 is 2.00 bits per heavy atom. The van der Waals surface area contributed by atoms with E-state index in [1.165, 1.54) is 0 Å². The van der Waals surface area contributed by atoms with E-state index in [1.807, 2.05) is 30.3 Å². The molecule has 0 N–H and O–H groups in total. The second-order valence-electron chi connectivity index (χ2n) is 4.63. The first-order valence-electron chi connectivity index (χ1n) is 5.27. The number of allylic oxidation sites excluding steroid dienone is 1. The molecule has 0 amide bonds. The number of hydrogen-bond donors (Lipinski definition) is 0. The molecule has 0 radical (unpaired) electrons. The molecule has 0 saturated heterocycles. The molecule has 2 nitrogen and oxygen atoms in total. The first-order valence-corrected chi connectivity index (χ1v) is 6.75. The highest BCUT2D eigenvalue weighted by Gasteiger charge is 2.32. The average Bonchev–Trinajstić information content (AvgIpc) is 2.18. The van der Waals surface area contributed by atoms with Crippen LogP contribution in [0.4, 0.5) is 0 Å². The van der Waals surface area contributed by atoms with Crippen LogP contribution in [-0.4, -0.2) is 13.2 Å². The molecule has 0 aliphatic rings.